The van der Waals surface area contributed by atoms with Gasteiger partial charge < -0.3 is 5.11 Å². The van der Waals surface area contributed by atoms with Gasteiger partial charge in [-0.25, -0.2) is 9.18 Å². The van der Waals surface area contributed by atoms with E-state index in [4.69, 9.17) is 9.90 Å². The van der Waals surface area contributed by atoms with E-state index in [1.54, 1.807) is 0 Å². The molecule has 0 saturated heterocycles. The zero-order chi connectivity index (χ0) is 4.28. The number of hydrogen-bond acceptors (Lipinski definition) is 1. The van der Waals surface area contributed by atoms with Crippen LogP contribution >= 0.6 is 0 Å². The molecule has 4 heteroatoms. The number of carbonyl (C=O) groups is 1. The van der Waals surface area contributed by atoms with E-state index in [2.05, 4.69) is 0 Å². The first kappa shape index (κ1) is 9.82. The molecule has 0 atom stereocenters. The van der Waals surface area contributed by atoms with E-state index in [1.807, 2.05) is 0 Å². The van der Waals surface area contributed by atoms with Gasteiger partial charge in [0.1, 0.15) is 0 Å². The van der Waals surface area contributed by atoms with Gasteiger partial charge in [0.05, 0.1) is 0 Å². The van der Waals surface area contributed by atoms with Crippen molar-refractivity contribution in [2.45, 2.75) is 0 Å². The predicted molar refractivity (Wildman–Crippen MR) is 22.2 cm³/mol. The van der Waals surface area contributed by atoms with Crippen molar-refractivity contribution in [3.63, 3.8) is 0 Å². The van der Waals surface area contributed by atoms with E-state index in [1.165, 1.54) is 0 Å². The summed E-state index contributed by atoms with van der Waals surface area (Å²) in [7, 11) is 0. The van der Waals surface area contributed by atoms with E-state index in [-0.39, 0.29) is 37.7 Å². The van der Waals surface area contributed by atoms with E-state index in [0.29, 0.717) is 0 Å². The molecule has 0 unspecified atom stereocenters. The molecule has 0 amide bonds. The third-order valence-corrected chi connectivity index (χ3v) is 0.114. The molecule has 2 nitrogen and oxygen atoms in total. The number of aliphatic carboxylic acids is 1. The van der Waals surface area contributed by atoms with Gasteiger partial charge in [0.25, 0.3) is 0 Å². The fourth-order valence-electron chi connectivity index (χ4n) is 0. The van der Waals surface area contributed by atoms with Gasteiger partial charge in [0.2, 0.25) is 0 Å². The maximum absolute atomic E-state index is 10.5. The molecule has 0 rings (SSSR count). The number of carboxylic acid groups (broad SMARTS) is 1. The monoisotopic (exact) mass is 120 g/mol. The molecule has 0 aromatic rings. The molecule has 0 aliphatic carbocycles. The van der Waals surface area contributed by atoms with Crippen molar-refractivity contribution in [3.05, 3.63) is 0 Å². The summed E-state index contributed by atoms with van der Waals surface area (Å²) in [4.78, 5) is 8.99. The number of alkyl halides is 1. The van der Waals surface area contributed by atoms with Crippen molar-refractivity contribution in [2.24, 2.45) is 0 Å². The van der Waals surface area contributed by atoms with Gasteiger partial charge in [-0.05, 0) is 0 Å². The van der Waals surface area contributed by atoms with Crippen molar-refractivity contribution < 1.29 is 14.3 Å². The molecule has 0 fully saturated rings. The van der Waals surface area contributed by atoms with Crippen LogP contribution in [0.15, 0.2) is 0 Å². The molecular weight excluding hydrogens is 115 g/mol. The Bertz CT molecular complexity index is 46.8. The van der Waals surface area contributed by atoms with Crippen LogP contribution in [0.4, 0.5) is 4.39 Å². The Labute approximate surface area is 64.3 Å². The second kappa shape index (κ2) is 5.66. The molecule has 0 aliphatic rings. The summed E-state index contributed by atoms with van der Waals surface area (Å²) in [5.41, 5.74) is 0. The summed E-state index contributed by atoms with van der Waals surface area (Å²) in [6.07, 6.45) is 0. The topological polar surface area (TPSA) is 37.3 Å². The van der Waals surface area contributed by atoms with Gasteiger partial charge >= 0.3 is 43.7 Å². The first-order valence-electron chi connectivity index (χ1n) is 1.05. The number of rotatable bonds is 1. The maximum atomic E-state index is 10.5. The van der Waals surface area contributed by atoms with Crippen molar-refractivity contribution in [1.82, 2.24) is 0 Å². The number of carboxylic acids is 1. The molecule has 0 heterocycles. The van der Waals surface area contributed by atoms with E-state index >= 15 is 0 Å². The van der Waals surface area contributed by atoms with Gasteiger partial charge in [-0.15, -0.1) is 0 Å². The Kier molecular flexibility index (Phi) is 9.27. The van der Waals surface area contributed by atoms with Crippen LogP contribution in [0.25, 0.3) is 0 Å². The van der Waals surface area contributed by atoms with Crippen molar-refractivity contribution in [1.29, 1.82) is 0 Å². The van der Waals surface area contributed by atoms with Crippen LogP contribution in [0.3, 0.4) is 0 Å². The summed E-state index contributed by atoms with van der Waals surface area (Å²) in [5.74, 6) is -1.41. The van der Waals surface area contributed by atoms with Crippen LogP contribution in [0.2, 0.25) is 0 Å². The van der Waals surface area contributed by atoms with E-state index in [9.17, 15) is 4.39 Å². The summed E-state index contributed by atoms with van der Waals surface area (Å²) >= 11 is 0. The zero-order valence-electron chi connectivity index (χ0n) is 2.44. The number of halogens is 1. The van der Waals surface area contributed by atoms with Crippen LogP contribution in [-0.4, -0.2) is 55.5 Å². The Morgan fingerprint density at radius 3 is 2.00 bits per heavy atom. The standard InChI is InChI=1S/C2H3FO2.Ca.2H/c3-1-2(4)5;;;/h1H2,(H,4,5);;;. The Hall–Kier alpha value is 0.660. The Morgan fingerprint density at radius 1 is 1.83 bits per heavy atom. The normalized spacial score (nSPS) is 6.17. The SMILES string of the molecule is O=C(O)CF.[CaH2]. The first-order chi connectivity index (χ1) is 2.27. The van der Waals surface area contributed by atoms with Crippen LogP contribution in [0.1, 0.15) is 0 Å². The quantitative estimate of drug-likeness (QED) is 0.456. The molecule has 0 spiro atoms. The zero-order valence-corrected chi connectivity index (χ0v) is 2.44. The molecule has 34 valence electrons. The third kappa shape index (κ3) is 8.82. The van der Waals surface area contributed by atoms with Crippen LogP contribution < -0.4 is 0 Å². The fourth-order valence-corrected chi connectivity index (χ4v) is 0. The summed E-state index contributed by atoms with van der Waals surface area (Å²) in [6, 6.07) is 0. The fraction of sp³-hybridized carbons (Fsp3) is 0.500. The van der Waals surface area contributed by atoms with Gasteiger partial charge in [-0.1, -0.05) is 0 Å². The van der Waals surface area contributed by atoms with Crippen LogP contribution in [0, 0.1) is 0 Å². The van der Waals surface area contributed by atoms with Crippen LogP contribution in [-0.2, 0) is 4.79 Å². The molecule has 0 aromatic heterocycles. The van der Waals surface area contributed by atoms with Gasteiger partial charge in [-0.3, -0.25) is 0 Å². The Balaban J connectivity index is 0. The minimum atomic E-state index is -1.41. The van der Waals surface area contributed by atoms with E-state index in [0.717, 1.165) is 0 Å². The van der Waals surface area contributed by atoms with Gasteiger partial charge in [-0.2, -0.15) is 0 Å². The summed E-state index contributed by atoms with van der Waals surface area (Å²) < 4.78 is 10.5. The molecule has 0 aliphatic heterocycles. The molecular formula is C2H5CaFO2. The van der Waals surface area contributed by atoms with Gasteiger partial charge in [0, 0.05) is 0 Å². The summed E-state index contributed by atoms with van der Waals surface area (Å²) in [6.45, 7) is -1.28. The molecule has 1 N–H and O–H groups in total. The van der Waals surface area contributed by atoms with E-state index < -0.39 is 12.6 Å². The van der Waals surface area contributed by atoms with Crippen molar-refractivity contribution in [3.8, 4) is 0 Å². The Morgan fingerprint density at radius 2 is 2.00 bits per heavy atom. The van der Waals surface area contributed by atoms with Crippen molar-refractivity contribution in [2.75, 3.05) is 6.67 Å². The molecule has 6 heavy (non-hydrogen) atoms. The molecule has 0 bridgehead atoms. The first-order valence-corrected chi connectivity index (χ1v) is 1.05. The third-order valence-electron chi connectivity index (χ3n) is 0.114. The average Bonchev–Trinajstić information content (AvgIpc) is 1.38. The number of hydrogen-bond donors (Lipinski definition) is 1. The van der Waals surface area contributed by atoms with Crippen molar-refractivity contribution >= 4 is 43.7 Å². The summed E-state index contributed by atoms with van der Waals surface area (Å²) in [5, 5.41) is 7.35. The second-order valence-corrected chi connectivity index (χ2v) is 0.527. The molecule has 0 radical (unpaired) electrons. The average molecular weight is 120 g/mol. The van der Waals surface area contributed by atoms with Crippen LogP contribution in [0.5, 0.6) is 0 Å². The second-order valence-electron chi connectivity index (χ2n) is 0.527. The predicted octanol–water partition coefficient (Wildman–Crippen LogP) is -0.876. The molecule has 0 aromatic carbocycles. The molecule has 0 saturated carbocycles. The van der Waals surface area contributed by atoms with Gasteiger partial charge in [0.15, 0.2) is 6.67 Å². The minimum absolute atomic E-state index is 0.